The SMILES string of the molecule is CCCCc1cnc(N2CCC(c3nc(C(Oc4ccccc4)n4cnnn4)cs3)CC2)nc1. The molecule has 0 bridgehead atoms. The zero-order valence-corrected chi connectivity index (χ0v) is 20.0. The van der Waals surface area contributed by atoms with Gasteiger partial charge >= 0.3 is 0 Å². The Labute approximate surface area is 202 Å². The summed E-state index contributed by atoms with van der Waals surface area (Å²) < 4.78 is 7.79. The van der Waals surface area contributed by atoms with Crippen LogP contribution in [0.25, 0.3) is 0 Å². The molecule has 176 valence electrons. The van der Waals surface area contributed by atoms with Crippen LogP contribution in [-0.4, -0.2) is 48.2 Å². The summed E-state index contributed by atoms with van der Waals surface area (Å²) in [6, 6.07) is 9.67. The van der Waals surface area contributed by atoms with Crippen LogP contribution in [0, 0.1) is 0 Å². The fourth-order valence-electron chi connectivity index (χ4n) is 4.10. The van der Waals surface area contributed by atoms with Crippen molar-refractivity contribution in [1.29, 1.82) is 0 Å². The Kier molecular flexibility index (Phi) is 7.04. The lowest BCUT2D eigenvalue weighted by Crippen LogP contribution is -2.34. The van der Waals surface area contributed by atoms with E-state index >= 15 is 0 Å². The van der Waals surface area contributed by atoms with Gasteiger partial charge in [0.1, 0.15) is 17.8 Å². The third-order valence-corrected chi connectivity index (χ3v) is 7.05. The van der Waals surface area contributed by atoms with Gasteiger partial charge < -0.3 is 9.64 Å². The number of thiazole rings is 1. The number of unbranched alkanes of at least 4 members (excludes halogenated alkanes) is 1. The molecule has 0 amide bonds. The largest absolute Gasteiger partial charge is 0.463 e. The number of hydrogen-bond donors (Lipinski definition) is 0. The zero-order valence-electron chi connectivity index (χ0n) is 19.2. The highest BCUT2D eigenvalue weighted by atomic mass is 32.1. The van der Waals surface area contributed by atoms with Crippen LogP contribution >= 0.6 is 11.3 Å². The Morgan fingerprint density at radius 2 is 1.91 bits per heavy atom. The minimum Gasteiger partial charge on any atom is -0.463 e. The topological polar surface area (TPSA) is 94.7 Å². The van der Waals surface area contributed by atoms with Crippen molar-refractivity contribution in [2.45, 2.75) is 51.2 Å². The van der Waals surface area contributed by atoms with Gasteiger partial charge in [-0.1, -0.05) is 31.5 Å². The fourth-order valence-corrected chi connectivity index (χ4v) is 5.10. The number of hydrogen-bond acceptors (Lipinski definition) is 9. The first-order chi connectivity index (χ1) is 16.8. The van der Waals surface area contributed by atoms with Crippen LogP contribution in [-0.2, 0) is 6.42 Å². The summed E-state index contributed by atoms with van der Waals surface area (Å²) >= 11 is 1.68. The Hall–Kier alpha value is -3.40. The number of aromatic nitrogens is 7. The zero-order chi connectivity index (χ0) is 23.2. The summed E-state index contributed by atoms with van der Waals surface area (Å²) in [5.74, 6) is 1.98. The fraction of sp³-hybridized carbons (Fsp3) is 0.417. The lowest BCUT2D eigenvalue weighted by Gasteiger charge is -2.31. The van der Waals surface area contributed by atoms with Gasteiger partial charge in [0.05, 0.1) is 5.01 Å². The maximum atomic E-state index is 6.19. The van der Waals surface area contributed by atoms with Gasteiger partial charge in [0.2, 0.25) is 12.2 Å². The van der Waals surface area contributed by atoms with Gasteiger partial charge in [-0.25, -0.2) is 15.0 Å². The van der Waals surface area contributed by atoms with Crippen LogP contribution in [0.1, 0.15) is 61.0 Å². The molecular formula is C24H28N8OS. The lowest BCUT2D eigenvalue weighted by atomic mass is 9.98. The third kappa shape index (κ3) is 5.22. The van der Waals surface area contributed by atoms with Crippen LogP contribution in [0.4, 0.5) is 5.95 Å². The van der Waals surface area contributed by atoms with Crippen molar-refractivity contribution in [3.05, 3.63) is 70.7 Å². The second-order valence-corrected chi connectivity index (χ2v) is 9.33. The molecule has 5 rings (SSSR count). The van der Waals surface area contributed by atoms with Crippen molar-refractivity contribution in [2.24, 2.45) is 0 Å². The minimum absolute atomic E-state index is 0.407. The molecule has 9 nitrogen and oxygen atoms in total. The molecule has 1 aliphatic rings. The van der Waals surface area contributed by atoms with Gasteiger partial charge in [0.25, 0.3) is 0 Å². The molecule has 1 saturated heterocycles. The predicted molar refractivity (Wildman–Crippen MR) is 130 cm³/mol. The highest BCUT2D eigenvalue weighted by molar-refractivity contribution is 7.09. The summed E-state index contributed by atoms with van der Waals surface area (Å²) in [5, 5.41) is 14.8. The van der Waals surface area contributed by atoms with Crippen molar-refractivity contribution in [3.8, 4) is 5.75 Å². The Balaban J connectivity index is 1.24. The number of tetrazole rings is 1. The lowest BCUT2D eigenvalue weighted by molar-refractivity contribution is 0.152. The van der Waals surface area contributed by atoms with E-state index in [2.05, 4.69) is 42.7 Å². The summed E-state index contributed by atoms with van der Waals surface area (Å²) in [7, 11) is 0. The normalized spacial score (nSPS) is 15.4. The standard InChI is InChI=1S/C24H28N8OS/c1-2-3-7-18-14-25-24(26-15-18)31-12-10-19(11-13-31)22-28-21(16-34-22)23(32-17-27-29-30-32)33-20-8-5-4-6-9-20/h4-6,8-9,14-17,19,23H,2-3,7,10-13H2,1H3. The molecule has 0 aliphatic carbocycles. The van der Waals surface area contributed by atoms with Crippen molar-refractivity contribution in [1.82, 2.24) is 35.2 Å². The first-order valence-corrected chi connectivity index (χ1v) is 12.6. The van der Waals surface area contributed by atoms with Crippen LogP contribution < -0.4 is 9.64 Å². The average Bonchev–Trinajstić information content (AvgIpc) is 3.60. The molecule has 3 aromatic heterocycles. The second kappa shape index (κ2) is 10.7. The highest BCUT2D eigenvalue weighted by Gasteiger charge is 2.27. The van der Waals surface area contributed by atoms with E-state index in [0.717, 1.165) is 54.8 Å². The molecule has 0 N–H and O–H groups in total. The molecule has 10 heteroatoms. The van der Waals surface area contributed by atoms with E-state index < -0.39 is 6.23 Å². The number of aryl methyl sites for hydroxylation is 1. The van der Waals surface area contributed by atoms with Gasteiger partial charge in [0.15, 0.2) is 0 Å². The van der Waals surface area contributed by atoms with E-state index in [0.29, 0.717) is 5.92 Å². The molecule has 34 heavy (non-hydrogen) atoms. The van der Waals surface area contributed by atoms with E-state index in [-0.39, 0.29) is 0 Å². The number of anilines is 1. The Bertz CT molecular complexity index is 1140. The van der Waals surface area contributed by atoms with Crippen molar-refractivity contribution < 1.29 is 4.74 Å². The molecule has 0 spiro atoms. The molecule has 0 saturated carbocycles. The molecule has 1 aliphatic heterocycles. The molecule has 1 unspecified atom stereocenters. The number of para-hydroxylation sites is 1. The third-order valence-electron chi connectivity index (χ3n) is 6.03. The molecular weight excluding hydrogens is 448 g/mol. The van der Waals surface area contributed by atoms with E-state index in [1.165, 1.54) is 18.4 Å². The van der Waals surface area contributed by atoms with Crippen molar-refractivity contribution in [3.63, 3.8) is 0 Å². The Morgan fingerprint density at radius 3 is 2.62 bits per heavy atom. The molecule has 4 heterocycles. The molecule has 1 atom stereocenters. The first kappa shape index (κ1) is 22.4. The number of benzene rings is 1. The summed E-state index contributed by atoms with van der Waals surface area (Å²) in [6.45, 7) is 4.04. The minimum atomic E-state index is -0.512. The highest BCUT2D eigenvalue weighted by Crippen LogP contribution is 2.33. The van der Waals surface area contributed by atoms with Gasteiger partial charge in [0, 0.05) is 36.8 Å². The van der Waals surface area contributed by atoms with Crippen LogP contribution in [0.5, 0.6) is 5.75 Å². The van der Waals surface area contributed by atoms with Crippen molar-refractivity contribution >= 4 is 17.3 Å². The second-order valence-electron chi connectivity index (χ2n) is 8.44. The number of rotatable bonds is 9. The first-order valence-electron chi connectivity index (χ1n) is 11.8. The number of ether oxygens (including phenoxy) is 1. The van der Waals surface area contributed by atoms with E-state index in [9.17, 15) is 0 Å². The molecule has 4 aromatic rings. The predicted octanol–water partition coefficient (Wildman–Crippen LogP) is 4.27. The maximum absolute atomic E-state index is 6.19. The molecule has 1 aromatic carbocycles. The van der Waals surface area contributed by atoms with E-state index in [1.807, 2.05) is 42.7 Å². The Morgan fingerprint density at radius 1 is 1.12 bits per heavy atom. The van der Waals surface area contributed by atoms with Crippen LogP contribution in [0.3, 0.4) is 0 Å². The smallest absolute Gasteiger partial charge is 0.238 e. The summed E-state index contributed by atoms with van der Waals surface area (Å²) in [5.41, 5.74) is 2.02. The number of piperidine rings is 1. The van der Waals surface area contributed by atoms with Gasteiger partial charge in [-0.2, -0.15) is 4.68 Å². The quantitative estimate of drug-likeness (QED) is 0.353. The average molecular weight is 477 g/mol. The van der Waals surface area contributed by atoms with Crippen LogP contribution in [0.2, 0.25) is 0 Å². The van der Waals surface area contributed by atoms with E-state index in [1.54, 1.807) is 22.3 Å². The molecule has 1 fully saturated rings. The monoisotopic (exact) mass is 476 g/mol. The number of nitrogens with zero attached hydrogens (tertiary/aromatic N) is 8. The summed E-state index contributed by atoms with van der Waals surface area (Å²) in [6.07, 6.45) is 10.4. The maximum Gasteiger partial charge on any atom is 0.238 e. The van der Waals surface area contributed by atoms with Gasteiger partial charge in [-0.05, 0) is 53.8 Å². The van der Waals surface area contributed by atoms with Crippen molar-refractivity contribution in [2.75, 3.05) is 18.0 Å². The van der Waals surface area contributed by atoms with Crippen LogP contribution in [0.15, 0.2) is 54.4 Å². The van der Waals surface area contributed by atoms with Gasteiger partial charge in [-0.3, -0.25) is 0 Å². The molecule has 0 radical (unpaired) electrons. The van der Waals surface area contributed by atoms with Gasteiger partial charge in [-0.15, -0.1) is 16.4 Å². The summed E-state index contributed by atoms with van der Waals surface area (Å²) in [4.78, 5) is 16.5. The van der Waals surface area contributed by atoms with E-state index in [4.69, 9.17) is 9.72 Å².